The first kappa shape index (κ1) is 14.8. The Kier molecular flexibility index (Phi) is 3.99. The summed E-state index contributed by atoms with van der Waals surface area (Å²) in [5, 5.41) is 18.7. The van der Waals surface area contributed by atoms with E-state index in [1.807, 2.05) is 13.8 Å². The summed E-state index contributed by atoms with van der Waals surface area (Å²) < 4.78 is 0. The second-order valence-corrected chi connectivity index (χ2v) is 5.78. The van der Waals surface area contributed by atoms with E-state index in [-0.39, 0.29) is 37.2 Å². The number of carboxylic acid groups (broad SMARTS) is 1. The summed E-state index contributed by atoms with van der Waals surface area (Å²) in [6.45, 7) is 4.12. The maximum Gasteiger partial charge on any atom is 0.326 e. The monoisotopic (exact) mass is 284 g/mol. The van der Waals surface area contributed by atoms with Crippen LogP contribution in [0.2, 0.25) is 0 Å². The summed E-state index contributed by atoms with van der Waals surface area (Å²) in [7, 11) is 0. The van der Waals surface area contributed by atoms with Crippen molar-refractivity contribution in [3.8, 4) is 0 Å². The Morgan fingerprint density at radius 2 is 1.95 bits per heavy atom. The number of aliphatic carboxylic acids is 1. The molecule has 1 unspecified atom stereocenters. The molecule has 0 spiro atoms. The molecule has 7 nitrogen and oxygen atoms in total. The van der Waals surface area contributed by atoms with Gasteiger partial charge in [0, 0.05) is 32.0 Å². The number of carboxylic acids is 1. The van der Waals surface area contributed by atoms with Gasteiger partial charge in [-0.1, -0.05) is 0 Å². The van der Waals surface area contributed by atoms with Crippen LogP contribution in [0.25, 0.3) is 0 Å². The molecular weight excluding hydrogens is 264 g/mol. The molecule has 7 heteroatoms. The average molecular weight is 284 g/mol. The number of aliphatic hydroxyl groups excluding tert-OH is 1. The third-order valence-corrected chi connectivity index (χ3v) is 3.98. The van der Waals surface area contributed by atoms with Gasteiger partial charge in [-0.3, -0.25) is 9.59 Å². The summed E-state index contributed by atoms with van der Waals surface area (Å²) >= 11 is 0. The SMILES string of the molecule is CC(C)N1CC(C(=O)N2C[C@@H](O)C[C@H]2C(=O)O)CC1=O. The van der Waals surface area contributed by atoms with Crippen LogP contribution in [0.4, 0.5) is 0 Å². The number of nitrogens with zero attached hydrogens (tertiary/aromatic N) is 2. The lowest BCUT2D eigenvalue weighted by Gasteiger charge is -2.25. The molecule has 0 aromatic heterocycles. The maximum atomic E-state index is 12.4. The van der Waals surface area contributed by atoms with Gasteiger partial charge in [-0.25, -0.2) is 4.79 Å². The van der Waals surface area contributed by atoms with Crippen LogP contribution in [-0.4, -0.2) is 69.1 Å². The number of likely N-dealkylation sites (tertiary alicyclic amines) is 2. The lowest BCUT2D eigenvalue weighted by Crippen LogP contribution is -2.44. The molecule has 2 aliphatic heterocycles. The molecule has 0 bridgehead atoms. The van der Waals surface area contributed by atoms with Crippen LogP contribution >= 0.6 is 0 Å². The molecule has 0 saturated carbocycles. The van der Waals surface area contributed by atoms with Gasteiger partial charge in [0.25, 0.3) is 0 Å². The van der Waals surface area contributed by atoms with Gasteiger partial charge in [0.1, 0.15) is 6.04 Å². The highest BCUT2D eigenvalue weighted by Crippen LogP contribution is 2.26. The van der Waals surface area contributed by atoms with E-state index in [4.69, 9.17) is 5.11 Å². The number of hydrogen-bond donors (Lipinski definition) is 2. The Morgan fingerprint density at radius 3 is 2.45 bits per heavy atom. The van der Waals surface area contributed by atoms with Gasteiger partial charge in [-0.15, -0.1) is 0 Å². The molecule has 2 rings (SSSR count). The fourth-order valence-corrected chi connectivity index (χ4v) is 2.92. The first-order chi connectivity index (χ1) is 9.31. The number of rotatable bonds is 3. The second-order valence-electron chi connectivity index (χ2n) is 5.78. The Hall–Kier alpha value is -1.63. The van der Waals surface area contributed by atoms with Crippen molar-refractivity contribution < 1.29 is 24.6 Å². The second kappa shape index (κ2) is 5.40. The van der Waals surface area contributed by atoms with Gasteiger partial charge in [-0.05, 0) is 13.8 Å². The topological polar surface area (TPSA) is 98.2 Å². The first-order valence-electron chi connectivity index (χ1n) is 6.82. The normalized spacial score (nSPS) is 30.4. The molecule has 0 aromatic carbocycles. The number of carbonyl (C=O) groups excluding carboxylic acids is 2. The van der Waals surface area contributed by atoms with Crippen LogP contribution in [0, 0.1) is 5.92 Å². The smallest absolute Gasteiger partial charge is 0.326 e. The van der Waals surface area contributed by atoms with Crippen LogP contribution in [0.15, 0.2) is 0 Å². The van der Waals surface area contributed by atoms with E-state index in [0.29, 0.717) is 6.54 Å². The standard InChI is InChI=1S/C13H20N2O5/c1-7(2)14-5-8(3-11(14)17)12(18)15-6-9(16)4-10(15)13(19)20/h7-10,16H,3-6H2,1-2H3,(H,19,20)/t8?,9-,10-/m0/s1. The van der Waals surface area contributed by atoms with Crippen molar-refractivity contribution in [2.75, 3.05) is 13.1 Å². The third-order valence-electron chi connectivity index (χ3n) is 3.98. The maximum absolute atomic E-state index is 12.4. The molecule has 0 aliphatic carbocycles. The molecule has 20 heavy (non-hydrogen) atoms. The van der Waals surface area contributed by atoms with Crippen molar-refractivity contribution in [3.05, 3.63) is 0 Å². The van der Waals surface area contributed by atoms with E-state index in [1.165, 1.54) is 4.90 Å². The summed E-state index contributed by atoms with van der Waals surface area (Å²) in [5.41, 5.74) is 0. The van der Waals surface area contributed by atoms with Crippen LogP contribution in [-0.2, 0) is 14.4 Å². The lowest BCUT2D eigenvalue weighted by atomic mass is 10.1. The molecule has 0 aromatic rings. The van der Waals surface area contributed by atoms with E-state index in [2.05, 4.69) is 0 Å². The molecule has 2 heterocycles. The molecule has 0 radical (unpaired) electrons. The molecule has 2 amide bonds. The van der Waals surface area contributed by atoms with Crippen LogP contribution < -0.4 is 0 Å². The first-order valence-corrected chi connectivity index (χ1v) is 6.82. The van der Waals surface area contributed by atoms with Gasteiger partial charge in [0.15, 0.2) is 0 Å². The molecule has 2 saturated heterocycles. The van der Waals surface area contributed by atoms with Crippen molar-refractivity contribution >= 4 is 17.8 Å². The molecular formula is C13H20N2O5. The molecule has 112 valence electrons. The van der Waals surface area contributed by atoms with Crippen LogP contribution in [0.1, 0.15) is 26.7 Å². The molecule has 3 atom stereocenters. The fraction of sp³-hybridized carbons (Fsp3) is 0.769. The van der Waals surface area contributed by atoms with Gasteiger partial charge in [-0.2, -0.15) is 0 Å². The zero-order chi connectivity index (χ0) is 15.0. The Balaban J connectivity index is 2.08. The van der Waals surface area contributed by atoms with Crippen molar-refractivity contribution in [1.29, 1.82) is 0 Å². The zero-order valence-electron chi connectivity index (χ0n) is 11.7. The van der Waals surface area contributed by atoms with Gasteiger partial charge >= 0.3 is 5.97 Å². The lowest BCUT2D eigenvalue weighted by molar-refractivity contribution is -0.149. The quantitative estimate of drug-likeness (QED) is 0.713. The number of carbonyl (C=O) groups is 3. The summed E-state index contributed by atoms with van der Waals surface area (Å²) in [4.78, 5) is 38.2. The summed E-state index contributed by atoms with van der Waals surface area (Å²) in [6.07, 6.45) is -0.635. The Morgan fingerprint density at radius 1 is 1.30 bits per heavy atom. The number of amides is 2. The van der Waals surface area contributed by atoms with Crippen LogP contribution in [0.3, 0.4) is 0 Å². The van der Waals surface area contributed by atoms with E-state index in [0.717, 1.165) is 0 Å². The van der Waals surface area contributed by atoms with Gasteiger partial charge in [0.2, 0.25) is 11.8 Å². The van der Waals surface area contributed by atoms with Crippen molar-refractivity contribution in [3.63, 3.8) is 0 Å². The minimum Gasteiger partial charge on any atom is -0.480 e. The minimum atomic E-state index is -1.11. The van der Waals surface area contributed by atoms with E-state index in [1.54, 1.807) is 4.90 Å². The van der Waals surface area contributed by atoms with Crippen molar-refractivity contribution in [2.45, 2.75) is 44.9 Å². The van der Waals surface area contributed by atoms with Crippen LogP contribution in [0.5, 0.6) is 0 Å². The van der Waals surface area contributed by atoms with E-state index < -0.39 is 24.0 Å². The highest BCUT2D eigenvalue weighted by molar-refractivity contribution is 5.91. The highest BCUT2D eigenvalue weighted by Gasteiger charge is 2.44. The van der Waals surface area contributed by atoms with Gasteiger partial charge < -0.3 is 20.0 Å². The minimum absolute atomic E-state index is 0.0275. The molecule has 2 fully saturated rings. The number of hydrogen-bond acceptors (Lipinski definition) is 4. The summed E-state index contributed by atoms with van der Waals surface area (Å²) in [6, 6.07) is -0.958. The average Bonchev–Trinajstić information content (AvgIpc) is 2.91. The van der Waals surface area contributed by atoms with Gasteiger partial charge in [0.05, 0.1) is 12.0 Å². The Bertz CT molecular complexity index is 436. The number of aliphatic hydroxyl groups is 1. The predicted molar refractivity (Wildman–Crippen MR) is 68.7 cm³/mol. The third kappa shape index (κ3) is 2.63. The molecule has 2 aliphatic rings. The zero-order valence-corrected chi connectivity index (χ0v) is 11.7. The fourth-order valence-electron chi connectivity index (χ4n) is 2.92. The Labute approximate surface area is 117 Å². The van der Waals surface area contributed by atoms with E-state index in [9.17, 15) is 19.5 Å². The van der Waals surface area contributed by atoms with Crippen molar-refractivity contribution in [2.24, 2.45) is 5.92 Å². The predicted octanol–water partition coefficient (Wildman–Crippen LogP) is -0.710. The van der Waals surface area contributed by atoms with E-state index >= 15 is 0 Å². The summed E-state index contributed by atoms with van der Waals surface area (Å²) in [5.74, 6) is -2.03. The number of β-amino-alcohol motifs (C(OH)–C–C–N with tert-alkyl or cyclic N) is 1. The largest absolute Gasteiger partial charge is 0.480 e. The van der Waals surface area contributed by atoms with Crippen molar-refractivity contribution in [1.82, 2.24) is 9.80 Å². The highest BCUT2D eigenvalue weighted by atomic mass is 16.4. The molecule has 2 N–H and O–H groups in total.